The van der Waals surface area contributed by atoms with Crippen LogP contribution in [0.3, 0.4) is 0 Å². The Balaban J connectivity index is 2.28. The van der Waals surface area contributed by atoms with E-state index in [1.807, 2.05) is 6.07 Å². The van der Waals surface area contributed by atoms with Crippen LogP contribution in [0.2, 0.25) is 0 Å². The van der Waals surface area contributed by atoms with E-state index in [-0.39, 0.29) is 11.8 Å². The van der Waals surface area contributed by atoms with Crippen LogP contribution in [0.5, 0.6) is 0 Å². The molecule has 0 N–H and O–H groups in total. The fourth-order valence-corrected chi connectivity index (χ4v) is 2.41. The molecule has 20 heavy (non-hydrogen) atoms. The van der Waals surface area contributed by atoms with Gasteiger partial charge in [0.15, 0.2) is 0 Å². The number of rotatable bonds is 1. The van der Waals surface area contributed by atoms with Crippen LogP contribution >= 0.6 is 0 Å². The van der Waals surface area contributed by atoms with E-state index in [0.717, 1.165) is 0 Å². The molecule has 2 amide bonds. The molecule has 1 aromatic rings. The summed E-state index contributed by atoms with van der Waals surface area (Å²) in [6.45, 7) is 4.55. The van der Waals surface area contributed by atoms with Crippen LogP contribution in [0.4, 0.5) is 0 Å². The molecule has 1 aromatic carbocycles. The van der Waals surface area contributed by atoms with Crippen LogP contribution in [-0.2, 0) is 4.79 Å². The van der Waals surface area contributed by atoms with Gasteiger partial charge in [0.2, 0.25) is 5.91 Å². The lowest BCUT2D eigenvalue weighted by Crippen LogP contribution is -2.63. The van der Waals surface area contributed by atoms with Gasteiger partial charge in [-0.2, -0.15) is 5.26 Å². The maximum Gasteiger partial charge on any atom is 0.254 e. The first-order valence-electron chi connectivity index (χ1n) is 6.45. The molecule has 104 valence electrons. The third-order valence-corrected chi connectivity index (χ3v) is 3.71. The number of hydrogen-bond donors (Lipinski definition) is 0. The number of piperazine rings is 1. The zero-order chi connectivity index (χ0) is 14.9. The fourth-order valence-electron chi connectivity index (χ4n) is 2.41. The molecule has 1 aliphatic heterocycles. The molecule has 0 radical (unpaired) electrons. The highest BCUT2D eigenvalue weighted by molar-refractivity contribution is 5.99. The smallest absolute Gasteiger partial charge is 0.254 e. The third-order valence-electron chi connectivity index (χ3n) is 3.71. The minimum absolute atomic E-state index is 0.0641. The van der Waals surface area contributed by atoms with Gasteiger partial charge < -0.3 is 9.80 Å². The molecule has 0 unspecified atom stereocenters. The van der Waals surface area contributed by atoms with E-state index in [0.29, 0.717) is 24.2 Å². The van der Waals surface area contributed by atoms with Gasteiger partial charge >= 0.3 is 0 Å². The van der Waals surface area contributed by atoms with Crippen molar-refractivity contribution in [1.82, 2.24) is 9.80 Å². The summed E-state index contributed by atoms with van der Waals surface area (Å²) in [6.07, 6.45) is 0. The van der Waals surface area contributed by atoms with Gasteiger partial charge in [0.1, 0.15) is 5.54 Å². The standard InChI is InChI=1S/C15H17N3O2/c1-15(2)14(20)17(3)8-9-18(15)13(19)12-6-4-11(10-16)5-7-12/h4-7H,8-9H2,1-3H3. The fraction of sp³-hybridized carbons (Fsp3) is 0.400. The highest BCUT2D eigenvalue weighted by Crippen LogP contribution is 2.24. The molecule has 5 nitrogen and oxygen atoms in total. The van der Waals surface area contributed by atoms with Crippen molar-refractivity contribution in [2.75, 3.05) is 20.1 Å². The number of nitrogens with zero attached hydrogens (tertiary/aromatic N) is 3. The molecule has 0 bridgehead atoms. The quantitative estimate of drug-likeness (QED) is 0.772. The number of carbonyl (C=O) groups is 2. The molecule has 1 fully saturated rings. The second kappa shape index (κ2) is 4.97. The molecule has 0 aliphatic carbocycles. The van der Waals surface area contributed by atoms with Gasteiger partial charge in [-0.15, -0.1) is 0 Å². The molecule has 0 spiro atoms. The summed E-state index contributed by atoms with van der Waals surface area (Å²) in [6, 6.07) is 8.48. The Morgan fingerprint density at radius 3 is 2.40 bits per heavy atom. The molecule has 0 atom stereocenters. The monoisotopic (exact) mass is 271 g/mol. The lowest BCUT2D eigenvalue weighted by molar-refractivity contribution is -0.144. The van der Waals surface area contributed by atoms with E-state index in [1.54, 1.807) is 55.0 Å². The molecule has 1 saturated heterocycles. The first kappa shape index (κ1) is 14.1. The summed E-state index contributed by atoms with van der Waals surface area (Å²) in [4.78, 5) is 28.0. The molecule has 0 aromatic heterocycles. The Hall–Kier alpha value is -2.35. The van der Waals surface area contributed by atoms with Crippen molar-refractivity contribution < 1.29 is 9.59 Å². The summed E-state index contributed by atoms with van der Waals surface area (Å²) in [7, 11) is 1.74. The summed E-state index contributed by atoms with van der Waals surface area (Å²) >= 11 is 0. The first-order chi connectivity index (χ1) is 9.37. The van der Waals surface area contributed by atoms with Gasteiger partial charge in [-0.05, 0) is 38.1 Å². The van der Waals surface area contributed by atoms with E-state index in [4.69, 9.17) is 5.26 Å². The summed E-state index contributed by atoms with van der Waals surface area (Å²) in [5.41, 5.74) is 0.155. The van der Waals surface area contributed by atoms with E-state index < -0.39 is 5.54 Å². The predicted molar refractivity (Wildman–Crippen MR) is 73.9 cm³/mol. The molecule has 5 heteroatoms. The Bertz CT molecular complexity index is 584. The van der Waals surface area contributed by atoms with Crippen molar-refractivity contribution in [2.24, 2.45) is 0 Å². The molecular formula is C15H17N3O2. The maximum atomic E-state index is 12.5. The van der Waals surface area contributed by atoms with E-state index in [9.17, 15) is 9.59 Å². The highest BCUT2D eigenvalue weighted by atomic mass is 16.2. The van der Waals surface area contributed by atoms with E-state index >= 15 is 0 Å². The Morgan fingerprint density at radius 1 is 1.25 bits per heavy atom. The van der Waals surface area contributed by atoms with Crippen molar-refractivity contribution in [3.05, 3.63) is 35.4 Å². The van der Waals surface area contributed by atoms with Gasteiger partial charge in [0.05, 0.1) is 11.6 Å². The van der Waals surface area contributed by atoms with E-state index in [1.165, 1.54) is 0 Å². The maximum absolute atomic E-state index is 12.5. The molecular weight excluding hydrogens is 254 g/mol. The van der Waals surface area contributed by atoms with Crippen molar-refractivity contribution in [1.29, 1.82) is 5.26 Å². The average molecular weight is 271 g/mol. The summed E-state index contributed by atoms with van der Waals surface area (Å²) in [5.74, 6) is -0.244. The van der Waals surface area contributed by atoms with Crippen molar-refractivity contribution in [3.63, 3.8) is 0 Å². The lowest BCUT2D eigenvalue weighted by Gasteiger charge is -2.44. The van der Waals surface area contributed by atoms with Crippen molar-refractivity contribution >= 4 is 11.8 Å². The number of benzene rings is 1. The molecule has 0 saturated carbocycles. The first-order valence-corrected chi connectivity index (χ1v) is 6.45. The lowest BCUT2D eigenvalue weighted by atomic mass is 9.96. The molecule has 2 rings (SSSR count). The summed E-state index contributed by atoms with van der Waals surface area (Å²) < 4.78 is 0. The Labute approximate surface area is 118 Å². The second-order valence-electron chi connectivity index (χ2n) is 5.43. The number of likely N-dealkylation sites (N-methyl/N-ethyl adjacent to an activating group) is 1. The normalized spacial score (nSPS) is 17.8. The molecule has 1 aliphatic rings. The topological polar surface area (TPSA) is 64.4 Å². The van der Waals surface area contributed by atoms with Crippen LogP contribution in [0.1, 0.15) is 29.8 Å². The van der Waals surface area contributed by atoms with Gasteiger partial charge in [0, 0.05) is 25.7 Å². The van der Waals surface area contributed by atoms with Crippen molar-refractivity contribution in [3.8, 4) is 6.07 Å². The van der Waals surface area contributed by atoms with Crippen molar-refractivity contribution in [2.45, 2.75) is 19.4 Å². The Kier molecular flexibility index (Phi) is 3.49. The number of hydrogen-bond acceptors (Lipinski definition) is 3. The SMILES string of the molecule is CN1CCN(C(=O)c2ccc(C#N)cc2)C(C)(C)C1=O. The second-order valence-corrected chi connectivity index (χ2v) is 5.43. The third kappa shape index (κ3) is 2.25. The van der Waals surface area contributed by atoms with Gasteiger partial charge in [-0.1, -0.05) is 0 Å². The zero-order valence-electron chi connectivity index (χ0n) is 11.9. The Morgan fingerprint density at radius 2 is 1.85 bits per heavy atom. The van der Waals surface area contributed by atoms with Crippen LogP contribution in [-0.4, -0.2) is 47.3 Å². The molecule has 1 heterocycles. The number of nitriles is 1. The highest BCUT2D eigenvalue weighted by Gasteiger charge is 2.43. The van der Waals surface area contributed by atoms with Gasteiger partial charge in [-0.25, -0.2) is 0 Å². The average Bonchev–Trinajstić information content (AvgIpc) is 2.44. The number of carbonyl (C=O) groups excluding carboxylic acids is 2. The minimum Gasteiger partial charge on any atom is -0.342 e. The van der Waals surface area contributed by atoms with Gasteiger partial charge in [-0.3, -0.25) is 9.59 Å². The zero-order valence-corrected chi connectivity index (χ0v) is 11.9. The summed E-state index contributed by atoms with van der Waals surface area (Å²) in [5, 5.41) is 8.77. The predicted octanol–water partition coefficient (Wildman–Crippen LogP) is 1.25. The van der Waals surface area contributed by atoms with Crippen LogP contribution in [0.15, 0.2) is 24.3 Å². The number of amides is 2. The van der Waals surface area contributed by atoms with E-state index in [2.05, 4.69) is 0 Å². The van der Waals surface area contributed by atoms with Crippen LogP contribution in [0, 0.1) is 11.3 Å². The largest absolute Gasteiger partial charge is 0.342 e. The van der Waals surface area contributed by atoms with Crippen LogP contribution < -0.4 is 0 Å². The van der Waals surface area contributed by atoms with Gasteiger partial charge in [0.25, 0.3) is 5.91 Å². The van der Waals surface area contributed by atoms with Crippen LogP contribution in [0.25, 0.3) is 0 Å². The minimum atomic E-state index is -0.849.